The summed E-state index contributed by atoms with van der Waals surface area (Å²) in [6.07, 6.45) is 4.30. The van der Waals surface area contributed by atoms with E-state index in [1.165, 1.54) is 24.3 Å². The Kier molecular flexibility index (Phi) is 3.19. The second kappa shape index (κ2) is 4.38. The number of aliphatic hydroxyl groups excluding tert-OH is 1. The molecule has 0 bridgehead atoms. The number of aliphatic hydroxyl groups is 1. The van der Waals surface area contributed by atoms with E-state index in [0.29, 0.717) is 11.9 Å². The van der Waals surface area contributed by atoms with Crippen LogP contribution in [0.4, 0.5) is 0 Å². The van der Waals surface area contributed by atoms with Gasteiger partial charge in [0.25, 0.3) is 0 Å². The third-order valence-electron chi connectivity index (χ3n) is 1.53. The molecule has 1 aliphatic rings. The molecule has 1 rings (SSSR count). The van der Waals surface area contributed by atoms with Gasteiger partial charge >= 0.3 is 5.97 Å². The van der Waals surface area contributed by atoms with Gasteiger partial charge in [-0.25, -0.2) is 4.79 Å². The number of rotatable bonds is 3. The van der Waals surface area contributed by atoms with Gasteiger partial charge in [0.1, 0.15) is 6.29 Å². The number of carboxylic acid groups (broad SMARTS) is 1. The van der Waals surface area contributed by atoms with Gasteiger partial charge in [-0.15, -0.1) is 0 Å². The quantitative estimate of drug-likeness (QED) is 0.489. The number of ether oxygens (including phenoxy) is 1. The van der Waals surface area contributed by atoms with Gasteiger partial charge in [0.15, 0.2) is 0 Å². The van der Waals surface area contributed by atoms with Crippen LogP contribution in [0.3, 0.4) is 0 Å². The molecule has 2 N–H and O–H groups in total. The van der Waals surface area contributed by atoms with Crippen LogP contribution in [0.2, 0.25) is 0 Å². The Morgan fingerprint density at radius 3 is 2.71 bits per heavy atom. The molecule has 0 aromatic carbocycles. The second-order valence-corrected chi connectivity index (χ2v) is 2.47. The number of allylic oxidation sites excluding steroid dienone is 3. The third kappa shape index (κ3) is 2.30. The standard InChI is InChI=1S/C9H8O5/c10-5-1-2-6-3-4-7(8(11)12)14-9(6)13/h1-5,9,13H,(H,11,12)/b2-1+. The van der Waals surface area contributed by atoms with E-state index in [0.717, 1.165) is 0 Å². The smallest absolute Gasteiger partial charge is 0.371 e. The molecular weight excluding hydrogens is 188 g/mol. The van der Waals surface area contributed by atoms with Crippen LogP contribution >= 0.6 is 0 Å². The van der Waals surface area contributed by atoms with Crippen molar-refractivity contribution in [1.82, 2.24) is 0 Å². The SMILES string of the molecule is O=C/C=C/C1=CC=C(C(=O)O)OC1O. The molecule has 5 nitrogen and oxygen atoms in total. The van der Waals surface area contributed by atoms with Crippen LogP contribution in [-0.2, 0) is 14.3 Å². The molecule has 0 fully saturated rings. The van der Waals surface area contributed by atoms with E-state index in [1.54, 1.807) is 0 Å². The molecule has 0 radical (unpaired) electrons. The van der Waals surface area contributed by atoms with Crippen LogP contribution in [0.5, 0.6) is 0 Å². The van der Waals surface area contributed by atoms with E-state index < -0.39 is 12.3 Å². The molecule has 0 aliphatic carbocycles. The fourth-order valence-electron chi connectivity index (χ4n) is 0.892. The molecule has 5 heteroatoms. The van der Waals surface area contributed by atoms with Crippen molar-refractivity contribution in [2.24, 2.45) is 0 Å². The molecule has 0 spiro atoms. The summed E-state index contributed by atoms with van der Waals surface area (Å²) in [5.74, 6) is -1.58. The van der Waals surface area contributed by atoms with Gasteiger partial charge in [0.05, 0.1) is 0 Å². The highest BCUT2D eigenvalue weighted by Gasteiger charge is 2.19. The Morgan fingerprint density at radius 2 is 2.21 bits per heavy atom. The number of carbonyl (C=O) groups is 2. The maximum Gasteiger partial charge on any atom is 0.371 e. The predicted molar refractivity (Wildman–Crippen MR) is 46.1 cm³/mol. The lowest BCUT2D eigenvalue weighted by molar-refractivity contribution is -0.141. The predicted octanol–water partition coefficient (Wildman–Crippen LogP) is -0.0150. The fraction of sp³-hybridized carbons (Fsp3) is 0.111. The molecule has 1 heterocycles. The normalized spacial score (nSPS) is 21.1. The van der Waals surface area contributed by atoms with Crippen molar-refractivity contribution in [2.45, 2.75) is 6.29 Å². The highest BCUT2D eigenvalue weighted by Crippen LogP contribution is 2.16. The summed E-state index contributed by atoms with van der Waals surface area (Å²) in [5, 5.41) is 17.8. The highest BCUT2D eigenvalue weighted by atomic mass is 16.6. The molecule has 0 saturated heterocycles. The first-order valence-electron chi connectivity index (χ1n) is 3.77. The Labute approximate surface area is 79.6 Å². The summed E-state index contributed by atoms with van der Waals surface area (Å²) in [5.41, 5.74) is 0.321. The van der Waals surface area contributed by atoms with Crippen LogP contribution < -0.4 is 0 Å². The maximum atomic E-state index is 10.4. The fourth-order valence-corrected chi connectivity index (χ4v) is 0.892. The summed E-state index contributed by atoms with van der Waals surface area (Å²) in [6, 6.07) is 0. The van der Waals surface area contributed by atoms with Crippen molar-refractivity contribution in [3.05, 3.63) is 35.6 Å². The van der Waals surface area contributed by atoms with E-state index in [2.05, 4.69) is 4.74 Å². The minimum absolute atomic E-state index is 0.321. The molecule has 74 valence electrons. The third-order valence-corrected chi connectivity index (χ3v) is 1.53. The van der Waals surface area contributed by atoms with Gasteiger partial charge < -0.3 is 14.9 Å². The molecule has 1 aliphatic heterocycles. The van der Waals surface area contributed by atoms with Crippen LogP contribution in [0.15, 0.2) is 35.6 Å². The molecule has 0 aromatic rings. The summed E-state index contributed by atoms with van der Waals surface area (Å²) in [6.45, 7) is 0. The van der Waals surface area contributed by atoms with Gasteiger partial charge in [-0.3, -0.25) is 4.79 Å². The van der Waals surface area contributed by atoms with Gasteiger partial charge in [-0.1, -0.05) is 0 Å². The van der Waals surface area contributed by atoms with E-state index in [1.807, 2.05) is 0 Å². The Hall–Kier alpha value is -1.88. The van der Waals surface area contributed by atoms with Crippen LogP contribution in [0.1, 0.15) is 0 Å². The summed E-state index contributed by atoms with van der Waals surface area (Å²) < 4.78 is 4.64. The molecule has 1 atom stereocenters. The molecular formula is C9H8O5. The zero-order valence-electron chi connectivity index (χ0n) is 7.08. The molecule has 1 unspecified atom stereocenters. The van der Waals surface area contributed by atoms with Crippen LogP contribution in [-0.4, -0.2) is 28.8 Å². The zero-order chi connectivity index (χ0) is 10.6. The number of hydrogen-bond acceptors (Lipinski definition) is 4. The molecule has 0 aromatic heterocycles. The summed E-state index contributed by atoms with van der Waals surface area (Å²) >= 11 is 0. The highest BCUT2D eigenvalue weighted by molar-refractivity contribution is 5.85. The summed E-state index contributed by atoms with van der Waals surface area (Å²) in [4.78, 5) is 20.4. The Balaban J connectivity index is 2.84. The number of carbonyl (C=O) groups excluding carboxylic acids is 1. The van der Waals surface area contributed by atoms with Crippen molar-refractivity contribution >= 4 is 12.3 Å². The maximum absolute atomic E-state index is 10.4. The van der Waals surface area contributed by atoms with E-state index in [9.17, 15) is 14.7 Å². The molecule has 14 heavy (non-hydrogen) atoms. The monoisotopic (exact) mass is 196 g/mol. The first-order valence-corrected chi connectivity index (χ1v) is 3.77. The van der Waals surface area contributed by atoms with Crippen LogP contribution in [0.25, 0.3) is 0 Å². The van der Waals surface area contributed by atoms with Crippen molar-refractivity contribution in [3.63, 3.8) is 0 Å². The number of hydrogen-bond donors (Lipinski definition) is 2. The van der Waals surface area contributed by atoms with E-state index in [-0.39, 0.29) is 5.76 Å². The number of aliphatic carboxylic acids is 1. The Bertz CT molecular complexity index is 337. The van der Waals surface area contributed by atoms with Crippen molar-refractivity contribution in [1.29, 1.82) is 0 Å². The minimum atomic E-state index is -1.35. The first-order chi connectivity index (χ1) is 6.65. The molecule has 0 amide bonds. The van der Waals surface area contributed by atoms with Crippen molar-refractivity contribution in [3.8, 4) is 0 Å². The number of carboxylic acids is 1. The van der Waals surface area contributed by atoms with Gasteiger partial charge in [-0.2, -0.15) is 0 Å². The first kappa shape index (κ1) is 10.2. The largest absolute Gasteiger partial charge is 0.475 e. The Morgan fingerprint density at radius 1 is 1.50 bits per heavy atom. The zero-order valence-corrected chi connectivity index (χ0v) is 7.08. The number of aldehydes is 1. The second-order valence-electron chi connectivity index (χ2n) is 2.47. The van der Waals surface area contributed by atoms with Gasteiger partial charge in [0, 0.05) is 5.57 Å². The van der Waals surface area contributed by atoms with Crippen molar-refractivity contribution < 1.29 is 24.5 Å². The average Bonchev–Trinajstić information content (AvgIpc) is 2.15. The van der Waals surface area contributed by atoms with E-state index >= 15 is 0 Å². The lowest BCUT2D eigenvalue weighted by atomic mass is 10.2. The van der Waals surface area contributed by atoms with Crippen molar-refractivity contribution in [2.75, 3.05) is 0 Å². The topological polar surface area (TPSA) is 83.8 Å². The summed E-state index contributed by atoms with van der Waals surface area (Å²) in [7, 11) is 0. The van der Waals surface area contributed by atoms with Gasteiger partial charge in [0.2, 0.25) is 12.0 Å². The van der Waals surface area contributed by atoms with Gasteiger partial charge in [-0.05, 0) is 24.3 Å². The molecule has 0 saturated carbocycles. The lowest BCUT2D eigenvalue weighted by Crippen LogP contribution is -2.20. The van der Waals surface area contributed by atoms with Crippen LogP contribution in [0, 0.1) is 0 Å². The van der Waals surface area contributed by atoms with E-state index in [4.69, 9.17) is 5.11 Å². The average molecular weight is 196 g/mol. The minimum Gasteiger partial charge on any atom is -0.475 e. The lowest BCUT2D eigenvalue weighted by Gasteiger charge is -2.17.